The van der Waals surface area contributed by atoms with Crippen molar-refractivity contribution in [2.45, 2.75) is 50.5 Å². The number of nitrogens with zero attached hydrogens (tertiary/aromatic N) is 2. The molecule has 5 nitrogen and oxygen atoms in total. The Kier molecular flexibility index (Phi) is 7.65. The zero-order chi connectivity index (χ0) is 16.6. The smallest absolute Gasteiger partial charge is 0.223 e. The van der Waals surface area contributed by atoms with Crippen molar-refractivity contribution in [3.63, 3.8) is 0 Å². The van der Waals surface area contributed by atoms with Crippen LogP contribution in [0, 0.1) is 11.3 Å². The maximum Gasteiger partial charge on any atom is 0.223 e. The summed E-state index contributed by atoms with van der Waals surface area (Å²) in [5, 5.41) is 6.82. The van der Waals surface area contributed by atoms with Crippen LogP contribution in [0.2, 0.25) is 0 Å². The first-order valence-electron chi connectivity index (χ1n) is 10.1. The molecule has 1 atom stereocenters. The van der Waals surface area contributed by atoms with Gasteiger partial charge >= 0.3 is 0 Å². The topological polar surface area (TPSA) is 47.6 Å². The summed E-state index contributed by atoms with van der Waals surface area (Å²) in [7, 11) is 2.21. The van der Waals surface area contributed by atoms with E-state index in [4.69, 9.17) is 0 Å². The van der Waals surface area contributed by atoms with Crippen molar-refractivity contribution in [1.82, 2.24) is 20.4 Å². The van der Waals surface area contributed by atoms with E-state index in [1.54, 1.807) is 0 Å². The van der Waals surface area contributed by atoms with Crippen LogP contribution in [0.5, 0.6) is 0 Å². The molecule has 2 saturated carbocycles. The number of piperazine rings is 1. The summed E-state index contributed by atoms with van der Waals surface area (Å²) in [5.74, 6) is 0.642. The summed E-state index contributed by atoms with van der Waals surface area (Å²) in [4.78, 5) is 17.9. The minimum Gasteiger partial charge on any atom is -0.354 e. The van der Waals surface area contributed by atoms with E-state index in [9.17, 15) is 4.79 Å². The second-order valence-electron chi connectivity index (χ2n) is 8.81. The summed E-state index contributed by atoms with van der Waals surface area (Å²) >= 11 is 0. The van der Waals surface area contributed by atoms with Crippen LogP contribution >= 0.6 is 24.8 Å². The lowest BCUT2D eigenvalue weighted by Crippen LogP contribution is -2.59. The highest BCUT2D eigenvalue weighted by molar-refractivity contribution is 5.85. The summed E-state index contributed by atoms with van der Waals surface area (Å²) in [5.41, 5.74) is 0.596. The van der Waals surface area contributed by atoms with Crippen molar-refractivity contribution in [1.29, 1.82) is 0 Å². The molecule has 4 aliphatic rings. The number of halogens is 2. The van der Waals surface area contributed by atoms with Gasteiger partial charge in [-0.15, -0.1) is 24.8 Å². The number of amides is 1. The molecule has 0 aromatic heterocycles. The van der Waals surface area contributed by atoms with Crippen LogP contribution in [-0.4, -0.2) is 74.1 Å². The lowest BCUT2D eigenvalue weighted by molar-refractivity contribution is -0.124. The van der Waals surface area contributed by atoms with Crippen LogP contribution in [0.3, 0.4) is 0 Å². The molecule has 152 valence electrons. The van der Waals surface area contributed by atoms with Crippen LogP contribution in [0.25, 0.3) is 0 Å². The molecule has 2 aliphatic heterocycles. The lowest BCUT2D eigenvalue weighted by Gasteiger charge is -2.45. The molecule has 7 heteroatoms. The number of carbonyl (C=O) groups is 1. The van der Waals surface area contributed by atoms with E-state index in [0.717, 1.165) is 52.2 Å². The van der Waals surface area contributed by atoms with Crippen LogP contribution in [0.15, 0.2) is 0 Å². The van der Waals surface area contributed by atoms with Gasteiger partial charge in [0.15, 0.2) is 0 Å². The molecule has 4 fully saturated rings. The second kappa shape index (κ2) is 8.95. The van der Waals surface area contributed by atoms with Gasteiger partial charge in [0.1, 0.15) is 0 Å². The van der Waals surface area contributed by atoms with Crippen molar-refractivity contribution in [2.24, 2.45) is 11.3 Å². The average molecular weight is 407 g/mol. The monoisotopic (exact) mass is 406 g/mol. The van der Waals surface area contributed by atoms with E-state index in [2.05, 4.69) is 27.5 Å². The molecule has 26 heavy (non-hydrogen) atoms. The Labute approximate surface area is 170 Å². The Bertz CT molecular complexity index is 470. The third kappa shape index (κ3) is 4.33. The number of carbonyl (C=O) groups excluding carboxylic acids is 1. The van der Waals surface area contributed by atoms with E-state index >= 15 is 0 Å². The third-order valence-corrected chi connectivity index (χ3v) is 7.41. The zero-order valence-electron chi connectivity index (χ0n) is 16.1. The van der Waals surface area contributed by atoms with E-state index in [-0.39, 0.29) is 30.4 Å². The SMILES string of the molecule is CN1CCN(C2(CNC(=O)C3CC34CCNCC4)CCCC2)CC1.Cl.Cl. The predicted octanol–water partition coefficient (Wildman–Crippen LogP) is 1.90. The van der Waals surface area contributed by atoms with Gasteiger partial charge in [-0.1, -0.05) is 12.8 Å². The average Bonchev–Trinajstić information content (AvgIpc) is 3.07. The van der Waals surface area contributed by atoms with Gasteiger partial charge in [-0.25, -0.2) is 0 Å². The van der Waals surface area contributed by atoms with Crippen LogP contribution in [0.1, 0.15) is 44.9 Å². The molecule has 1 unspecified atom stereocenters. The molecule has 2 N–H and O–H groups in total. The molecule has 2 saturated heterocycles. The molecular formula is C19H36Cl2N4O. The summed E-state index contributed by atoms with van der Waals surface area (Å²) in [6.45, 7) is 7.70. The Balaban J connectivity index is 0.00000121. The molecule has 0 aromatic rings. The molecule has 2 heterocycles. The van der Waals surface area contributed by atoms with Crippen molar-refractivity contribution in [3.8, 4) is 0 Å². The fraction of sp³-hybridized carbons (Fsp3) is 0.947. The number of rotatable bonds is 4. The van der Waals surface area contributed by atoms with Gasteiger partial charge in [0.25, 0.3) is 0 Å². The fourth-order valence-electron chi connectivity index (χ4n) is 5.49. The molecule has 0 aromatic carbocycles. The van der Waals surface area contributed by atoms with Crippen LogP contribution in [-0.2, 0) is 4.79 Å². The van der Waals surface area contributed by atoms with Gasteiger partial charge in [-0.2, -0.15) is 0 Å². The first kappa shape index (κ1) is 22.2. The van der Waals surface area contributed by atoms with Gasteiger partial charge in [0.05, 0.1) is 0 Å². The Morgan fingerprint density at radius 3 is 2.27 bits per heavy atom. The number of hydrogen-bond donors (Lipinski definition) is 2. The van der Waals surface area contributed by atoms with Gasteiger partial charge in [-0.05, 0) is 57.7 Å². The minimum absolute atomic E-state index is 0. The van der Waals surface area contributed by atoms with Crippen molar-refractivity contribution >= 4 is 30.7 Å². The second-order valence-corrected chi connectivity index (χ2v) is 8.81. The van der Waals surface area contributed by atoms with Gasteiger partial charge < -0.3 is 15.5 Å². The Morgan fingerprint density at radius 2 is 1.65 bits per heavy atom. The standard InChI is InChI=1S/C19H34N4O.2ClH/c1-22-10-12-23(13-11-22)19(4-2-3-5-19)15-21-17(24)16-14-18(16)6-8-20-9-7-18;;/h16,20H,2-15H2,1H3,(H,21,24);2*1H. The van der Waals surface area contributed by atoms with E-state index in [1.807, 2.05) is 0 Å². The number of piperidine rings is 1. The molecule has 2 aliphatic carbocycles. The van der Waals surface area contributed by atoms with E-state index < -0.39 is 0 Å². The maximum atomic E-state index is 12.8. The first-order valence-corrected chi connectivity index (χ1v) is 10.1. The highest BCUT2D eigenvalue weighted by Crippen LogP contribution is 2.58. The number of hydrogen-bond acceptors (Lipinski definition) is 4. The van der Waals surface area contributed by atoms with Crippen molar-refractivity contribution < 1.29 is 4.79 Å². The molecule has 1 spiro atoms. The Hall–Kier alpha value is -0.0700. The molecular weight excluding hydrogens is 371 g/mol. The van der Waals surface area contributed by atoms with Gasteiger partial charge in [0, 0.05) is 44.2 Å². The van der Waals surface area contributed by atoms with Crippen LogP contribution < -0.4 is 10.6 Å². The van der Waals surface area contributed by atoms with Crippen molar-refractivity contribution in [3.05, 3.63) is 0 Å². The Morgan fingerprint density at radius 1 is 1.04 bits per heavy atom. The molecule has 0 radical (unpaired) electrons. The van der Waals surface area contributed by atoms with Gasteiger partial charge in [0.2, 0.25) is 5.91 Å². The van der Waals surface area contributed by atoms with Crippen molar-refractivity contribution in [2.75, 3.05) is 52.9 Å². The largest absolute Gasteiger partial charge is 0.354 e. The summed E-state index contributed by atoms with van der Waals surface area (Å²) in [6, 6.07) is 0. The van der Waals surface area contributed by atoms with Crippen LogP contribution in [0.4, 0.5) is 0 Å². The normalized spacial score (nSPS) is 30.3. The highest BCUT2D eigenvalue weighted by Gasteiger charge is 2.57. The molecule has 1 amide bonds. The van der Waals surface area contributed by atoms with E-state index in [0.29, 0.717) is 17.2 Å². The summed E-state index contributed by atoms with van der Waals surface area (Å²) in [6.07, 6.45) is 8.67. The predicted molar refractivity (Wildman–Crippen MR) is 110 cm³/mol. The summed E-state index contributed by atoms with van der Waals surface area (Å²) < 4.78 is 0. The number of nitrogens with one attached hydrogen (secondary N) is 2. The quantitative estimate of drug-likeness (QED) is 0.748. The maximum absolute atomic E-state index is 12.8. The zero-order valence-corrected chi connectivity index (χ0v) is 17.7. The minimum atomic E-state index is 0. The molecule has 0 bridgehead atoms. The third-order valence-electron chi connectivity index (χ3n) is 7.41. The highest BCUT2D eigenvalue weighted by atomic mass is 35.5. The molecule has 4 rings (SSSR count). The lowest BCUT2D eigenvalue weighted by atomic mass is 9.91. The first-order chi connectivity index (χ1) is 11.6. The van der Waals surface area contributed by atoms with E-state index in [1.165, 1.54) is 38.5 Å². The number of likely N-dealkylation sites (N-methyl/N-ethyl adjacent to an activating group) is 1. The fourth-order valence-corrected chi connectivity index (χ4v) is 5.49. The van der Waals surface area contributed by atoms with Gasteiger partial charge in [-0.3, -0.25) is 9.69 Å².